The van der Waals surface area contributed by atoms with E-state index in [9.17, 15) is 9.59 Å². The maximum atomic E-state index is 12.8. The molecule has 0 aliphatic carbocycles. The average Bonchev–Trinajstić information content (AvgIpc) is 3.58. The standard InChI is InChI=1S/C25H25N7O5S/c1-13-8-14(10-26-19(13)24(34)35)22(33)29-16-6-7-32(11-16)25-30-21(20-23(31-25)38-12-27-20)28-15-4-5-17(36-2)18(9-15)37-3/h4-5,8-10,12,16H,6-7,11H2,1-3H3,(H,29,33)(H,34,35)(H,28,30,31). The maximum absolute atomic E-state index is 12.8. The van der Waals surface area contributed by atoms with Crippen LogP contribution in [0.25, 0.3) is 10.3 Å². The number of nitrogens with one attached hydrogen (secondary N) is 2. The second kappa shape index (κ2) is 10.5. The molecule has 3 N–H and O–H groups in total. The lowest BCUT2D eigenvalue weighted by atomic mass is 10.1. The van der Waals surface area contributed by atoms with Gasteiger partial charge in [-0.2, -0.15) is 9.97 Å². The molecule has 1 atom stereocenters. The number of carbonyl (C=O) groups excluding carboxylic acids is 1. The van der Waals surface area contributed by atoms with Gasteiger partial charge in [0.25, 0.3) is 5.91 Å². The molecule has 3 aromatic heterocycles. The van der Waals surface area contributed by atoms with Crippen LogP contribution < -0.4 is 25.0 Å². The van der Waals surface area contributed by atoms with E-state index in [-0.39, 0.29) is 17.6 Å². The Labute approximate surface area is 221 Å². The number of aryl methyl sites for hydroxylation is 1. The van der Waals surface area contributed by atoms with Crippen LogP contribution >= 0.6 is 11.3 Å². The van der Waals surface area contributed by atoms with Gasteiger partial charge in [-0.3, -0.25) is 4.79 Å². The third-order valence-electron chi connectivity index (χ3n) is 6.18. The quantitative estimate of drug-likeness (QED) is 0.305. The van der Waals surface area contributed by atoms with E-state index in [2.05, 4.69) is 20.6 Å². The van der Waals surface area contributed by atoms with Crippen LogP contribution in [0.1, 0.15) is 32.8 Å². The topological polar surface area (TPSA) is 152 Å². The number of ether oxygens (including phenoxy) is 2. The van der Waals surface area contributed by atoms with Crippen molar-refractivity contribution in [3.63, 3.8) is 0 Å². The molecule has 0 spiro atoms. The number of thiazole rings is 1. The molecule has 1 aliphatic heterocycles. The number of carboxylic acid groups (broad SMARTS) is 1. The number of nitrogens with zero attached hydrogens (tertiary/aromatic N) is 5. The highest BCUT2D eigenvalue weighted by molar-refractivity contribution is 7.16. The van der Waals surface area contributed by atoms with Gasteiger partial charge < -0.3 is 30.1 Å². The van der Waals surface area contributed by atoms with Gasteiger partial charge in [-0.25, -0.2) is 14.8 Å². The zero-order valence-corrected chi connectivity index (χ0v) is 21.7. The van der Waals surface area contributed by atoms with Gasteiger partial charge in [0, 0.05) is 37.1 Å². The van der Waals surface area contributed by atoms with Crippen molar-refractivity contribution < 1.29 is 24.2 Å². The Hall–Kier alpha value is -4.52. The molecule has 4 aromatic rings. The van der Waals surface area contributed by atoms with Crippen molar-refractivity contribution in [2.45, 2.75) is 19.4 Å². The van der Waals surface area contributed by atoms with E-state index in [0.29, 0.717) is 59.4 Å². The summed E-state index contributed by atoms with van der Waals surface area (Å²) in [5.41, 5.74) is 3.81. The van der Waals surface area contributed by atoms with Crippen molar-refractivity contribution in [3.8, 4) is 11.5 Å². The third-order valence-corrected chi connectivity index (χ3v) is 6.90. The van der Waals surface area contributed by atoms with Gasteiger partial charge in [0.2, 0.25) is 5.95 Å². The number of pyridine rings is 1. The fourth-order valence-electron chi connectivity index (χ4n) is 4.28. The lowest BCUT2D eigenvalue weighted by molar-refractivity contribution is 0.0688. The summed E-state index contributed by atoms with van der Waals surface area (Å²) in [4.78, 5) is 44.5. The van der Waals surface area contributed by atoms with Gasteiger partial charge in [-0.15, -0.1) is 11.3 Å². The lowest BCUT2D eigenvalue weighted by Gasteiger charge is -2.18. The summed E-state index contributed by atoms with van der Waals surface area (Å²) in [5.74, 6) is 0.866. The highest BCUT2D eigenvalue weighted by Crippen LogP contribution is 2.33. The summed E-state index contributed by atoms with van der Waals surface area (Å²) in [6.07, 6.45) is 1.99. The molecule has 1 aromatic carbocycles. The molecular formula is C25H25N7O5S. The van der Waals surface area contributed by atoms with Gasteiger partial charge in [-0.1, -0.05) is 0 Å². The number of aromatic carboxylic acids is 1. The number of benzene rings is 1. The highest BCUT2D eigenvalue weighted by Gasteiger charge is 2.27. The fourth-order valence-corrected chi connectivity index (χ4v) is 4.93. The highest BCUT2D eigenvalue weighted by atomic mass is 32.1. The van der Waals surface area contributed by atoms with Crippen LogP contribution in [0.4, 0.5) is 17.5 Å². The second-order valence-corrected chi connectivity index (χ2v) is 9.51. The maximum Gasteiger partial charge on any atom is 0.354 e. The first kappa shape index (κ1) is 25.1. The van der Waals surface area contributed by atoms with Crippen molar-refractivity contribution >= 4 is 51.0 Å². The van der Waals surface area contributed by atoms with Gasteiger partial charge in [0.15, 0.2) is 27.8 Å². The molecule has 0 saturated carbocycles. The third kappa shape index (κ3) is 5.00. The van der Waals surface area contributed by atoms with E-state index in [4.69, 9.17) is 24.5 Å². The number of carbonyl (C=O) groups is 2. The van der Waals surface area contributed by atoms with Gasteiger partial charge in [0.05, 0.1) is 25.3 Å². The Kier molecular flexibility index (Phi) is 6.92. The first-order valence-electron chi connectivity index (χ1n) is 11.7. The van der Waals surface area contributed by atoms with E-state index >= 15 is 0 Å². The number of hydrogen-bond acceptors (Lipinski definition) is 11. The molecule has 1 aliphatic rings. The molecule has 38 heavy (non-hydrogen) atoms. The van der Waals surface area contributed by atoms with Gasteiger partial charge in [0.1, 0.15) is 5.52 Å². The van der Waals surface area contributed by atoms with Crippen LogP contribution in [0.3, 0.4) is 0 Å². The van der Waals surface area contributed by atoms with Crippen LogP contribution in [-0.2, 0) is 0 Å². The van der Waals surface area contributed by atoms with Crippen molar-refractivity contribution in [2.75, 3.05) is 37.5 Å². The van der Waals surface area contributed by atoms with E-state index in [0.717, 1.165) is 10.5 Å². The molecule has 0 bridgehead atoms. The summed E-state index contributed by atoms with van der Waals surface area (Å²) in [6, 6.07) is 6.89. The Morgan fingerprint density at radius 1 is 1.13 bits per heavy atom. The summed E-state index contributed by atoms with van der Waals surface area (Å²) < 4.78 is 10.7. The molecule has 13 heteroatoms. The molecule has 196 valence electrons. The summed E-state index contributed by atoms with van der Waals surface area (Å²) in [7, 11) is 3.16. The number of anilines is 3. The van der Waals surface area contributed by atoms with Gasteiger partial charge >= 0.3 is 5.97 Å². The number of aromatic nitrogens is 4. The van der Waals surface area contributed by atoms with Crippen LogP contribution in [0, 0.1) is 6.92 Å². The smallest absolute Gasteiger partial charge is 0.354 e. The fraction of sp³-hybridized carbons (Fsp3) is 0.280. The molecule has 1 amide bonds. The zero-order chi connectivity index (χ0) is 26.8. The van der Waals surface area contributed by atoms with Crippen molar-refractivity contribution in [1.29, 1.82) is 0 Å². The Morgan fingerprint density at radius 2 is 1.95 bits per heavy atom. The molecular weight excluding hydrogens is 510 g/mol. The molecule has 0 radical (unpaired) electrons. The molecule has 1 fully saturated rings. The van der Waals surface area contributed by atoms with Crippen molar-refractivity contribution in [3.05, 3.63) is 52.8 Å². The minimum Gasteiger partial charge on any atom is -0.493 e. The van der Waals surface area contributed by atoms with Gasteiger partial charge in [-0.05, 0) is 37.1 Å². The van der Waals surface area contributed by atoms with Crippen molar-refractivity contribution in [2.24, 2.45) is 0 Å². The molecule has 4 heterocycles. The zero-order valence-electron chi connectivity index (χ0n) is 20.9. The summed E-state index contributed by atoms with van der Waals surface area (Å²) in [6.45, 7) is 2.79. The van der Waals surface area contributed by atoms with E-state index in [1.807, 2.05) is 23.1 Å². The predicted octanol–water partition coefficient (Wildman–Crippen LogP) is 3.26. The van der Waals surface area contributed by atoms with Crippen LogP contribution in [0.2, 0.25) is 0 Å². The van der Waals surface area contributed by atoms with E-state index in [1.54, 1.807) is 26.7 Å². The first-order valence-corrected chi connectivity index (χ1v) is 12.6. The number of hydrogen-bond donors (Lipinski definition) is 3. The first-order chi connectivity index (χ1) is 18.4. The van der Waals surface area contributed by atoms with Crippen LogP contribution in [0.5, 0.6) is 11.5 Å². The Bertz CT molecular complexity index is 1530. The SMILES string of the molecule is COc1ccc(Nc2nc(N3CCC(NC(=O)c4cnc(C(=O)O)c(C)c4)C3)nc3scnc23)cc1OC. The van der Waals surface area contributed by atoms with Crippen LogP contribution in [-0.4, -0.2) is 70.3 Å². The number of amides is 1. The van der Waals surface area contributed by atoms with Crippen LogP contribution in [0.15, 0.2) is 36.0 Å². The molecule has 12 nitrogen and oxygen atoms in total. The summed E-state index contributed by atoms with van der Waals surface area (Å²) in [5, 5.41) is 15.5. The largest absolute Gasteiger partial charge is 0.493 e. The van der Waals surface area contributed by atoms with E-state index < -0.39 is 5.97 Å². The number of fused-ring (bicyclic) bond motifs is 1. The molecule has 1 saturated heterocycles. The Morgan fingerprint density at radius 3 is 2.68 bits per heavy atom. The second-order valence-electron chi connectivity index (χ2n) is 8.67. The van der Waals surface area contributed by atoms with Crippen molar-refractivity contribution in [1.82, 2.24) is 25.3 Å². The number of carboxylic acids is 1. The molecule has 5 rings (SSSR count). The average molecular weight is 536 g/mol. The predicted molar refractivity (Wildman–Crippen MR) is 142 cm³/mol. The Balaban J connectivity index is 1.32. The normalized spacial score (nSPS) is 14.9. The lowest BCUT2D eigenvalue weighted by Crippen LogP contribution is -2.37. The number of rotatable bonds is 8. The minimum atomic E-state index is -1.13. The summed E-state index contributed by atoms with van der Waals surface area (Å²) >= 11 is 1.42. The van der Waals surface area contributed by atoms with E-state index in [1.165, 1.54) is 23.6 Å². The monoisotopic (exact) mass is 535 g/mol. The number of methoxy groups -OCH3 is 2. The minimum absolute atomic E-state index is 0.0679. The molecule has 1 unspecified atom stereocenters.